The number of rotatable bonds is 4. The van der Waals surface area contributed by atoms with Crippen molar-refractivity contribution in [3.8, 4) is 0 Å². The minimum Gasteiger partial charge on any atom is -0.465 e. The van der Waals surface area contributed by atoms with Gasteiger partial charge in [0.25, 0.3) is 5.91 Å². The van der Waals surface area contributed by atoms with Crippen LogP contribution in [-0.2, 0) is 20.9 Å². The van der Waals surface area contributed by atoms with Gasteiger partial charge in [-0.3, -0.25) is 9.59 Å². The third-order valence-electron chi connectivity index (χ3n) is 4.73. The van der Waals surface area contributed by atoms with Gasteiger partial charge in [0.05, 0.1) is 17.2 Å². The first-order valence-electron chi connectivity index (χ1n) is 9.12. The van der Waals surface area contributed by atoms with Crippen LogP contribution in [0.5, 0.6) is 0 Å². The van der Waals surface area contributed by atoms with Crippen molar-refractivity contribution in [1.82, 2.24) is 4.57 Å². The Morgan fingerprint density at radius 2 is 1.93 bits per heavy atom. The van der Waals surface area contributed by atoms with Crippen molar-refractivity contribution < 1.29 is 14.3 Å². The summed E-state index contributed by atoms with van der Waals surface area (Å²) in [5.74, 6) is -0.394. The molecule has 142 valence electrons. The summed E-state index contributed by atoms with van der Waals surface area (Å²) in [4.78, 5) is 26.3. The van der Waals surface area contributed by atoms with Crippen LogP contribution in [0, 0.1) is 6.92 Å². The molecule has 2 heterocycles. The molecule has 6 heteroatoms. The molecule has 0 unspecified atom stereocenters. The van der Waals surface area contributed by atoms with Gasteiger partial charge < -0.3 is 14.6 Å². The number of aromatic nitrogens is 1. The van der Waals surface area contributed by atoms with Crippen LogP contribution in [0.15, 0.2) is 58.3 Å². The molecule has 28 heavy (non-hydrogen) atoms. The molecule has 0 fully saturated rings. The Kier molecular flexibility index (Phi) is 4.96. The summed E-state index contributed by atoms with van der Waals surface area (Å²) in [6, 6.07) is 15.6. The Balaban J connectivity index is 1.79. The summed E-state index contributed by atoms with van der Waals surface area (Å²) in [5.41, 5.74) is 3.64. The molecule has 4 rings (SSSR count). The van der Waals surface area contributed by atoms with Crippen LogP contribution in [0.3, 0.4) is 0 Å². The number of esters is 1. The van der Waals surface area contributed by atoms with E-state index in [9.17, 15) is 9.59 Å². The van der Waals surface area contributed by atoms with E-state index in [0.717, 1.165) is 32.7 Å². The van der Waals surface area contributed by atoms with Crippen LogP contribution in [0.1, 0.15) is 18.2 Å². The quantitative estimate of drug-likeness (QED) is 0.521. The fourth-order valence-electron chi connectivity index (χ4n) is 3.41. The minimum atomic E-state index is -0.274. The average molecular weight is 392 g/mol. The lowest BCUT2D eigenvalue weighted by Crippen LogP contribution is -2.17. The van der Waals surface area contributed by atoms with Gasteiger partial charge in [0.15, 0.2) is 0 Å². The molecule has 1 aromatic heterocycles. The number of nitrogens with one attached hydrogen (secondary N) is 1. The third kappa shape index (κ3) is 3.31. The second-order valence-corrected chi connectivity index (χ2v) is 7.55. The first-order chi connectivity index (χ1) is 13.6. The van der Waals surface area contributed by atoms with E-state index in [4.69, 9.17) is 4.74 Å². The number of hydrogen-bond acceptors (Lipinski definition) is 4. The first kappa shape index (κ1) is 18.4. The molecule has 1 aliphatic rings. The van der Waals surface area contributed by atoms with E-state index in [-0.39, 0.29) is 18.4 Å². The van der Waals surface area contributed by atoms with E-state index in [0.29, 0.717) is 11.5 Å². The number of fused-ring (bicyclic) bond motifs is 2. The number of thioether (sulfide) groups is 1. The SMILES string of the molecule is CCOC(=O)Cn1c(C)c(/C=C2\Sc3ccccc3NC2=O)c2ccccc21. The highest BCUT2D eigenvalue weighted by Gasteiger charge is 2.22. The number of anilines is 1. The molecule has 1 aliphatic heterocycles. The van der Waals surface area contributed by atoms with Crippen molar-refractivity contribution >= 4 is 46.3 Å². The Hall–Kier alpha value is -2.99. The van der Waals surface area contributed by atoms with Crippen molar-refractivity contribution in [3.05, 3.63) is 64.7 Å². The lowest BCUT2D eigenvalue weighted by molar-refractivity contribution is -0.143. The maximum absolute atomic E-state index is 12.6. The number of hydrogen-bond donors (Lipinski definition) is 1. The van der Waals surface area contributed by atoms with Gasteiger partial charge >= 0.3 is 5.97 Å². The van der Waals surface area contributed by atoms with E-state index in [1.54, 1.807) is 6.92 Å². The number of ether oxygens (including phenoxy) is 1. The molecule has 0 bridgehead atoms. The molecule has 0 saturated carbocycles. The van der Waals surface area contributed by atoms with E-state index >= 15 is 0 Å². The van der Waals surface area contributed by atoms with Crippen molar-refractivity contribution in [2.24, 2.45) is 0 Å². The van der Waals surface area contributed by atoms with Crippen LogP contribution in [0.4, 0.5) is 5.69 Å². The molecule has 2 aromatic carbocycles. The lowest BCUT2D eigenvalue weighted by atomic mass is 10.1. The summed E-state index contributed by atoms with van der Waals surface area (Å²) in [6.07, 6.45) is 1.91. The Morgan fingerprint density at radius 1 is 1.18 bits per heavy atom. The molecule has 0 saturated heterocycles. The number of nitrogens with zero attached hydrogens (tertiary/aromatic N) is 1. The van der Waals surface area contributed by atoms with Gasteiger partial charge in [-0.2, -0.15) is 0 Å². The van der Waals surface area contributed by atoms with Crippen LogP contribution in [0.25, 0.3) is 17.0 Å². The number of amides is 1. The van der Waals surface area contributed by atoms with E-state index < -0.39 is 0 Å². The molecule has 3 aromatic rings. The van der Waals surface area contributed by atoms with E-state index in [1.165, 1.54) is 11.8 Å². The van der Waals surface area contributed by atoms with Gasteiger partial charge in [0.1, 0.15) is 6.54 Å². The van der Waals surface area contributed by atoms with Crippen molar-refractivity contribution in [2.45, 2.75) is 25.3 Å². The predicted molar refractivity (Wildman–Crippen MR) is 112 cm³/mol. The first-order valence-corrected chi connectivity index (χ1v) is 9.93. The highest BCUT2D eigenvalue weighted by molar-refractivity contribution is 8.04. The zero-order valence-corrected chi connectivity index (χ0v) is 16.5. The number of para-hydroxylation sites is 2. The number of benzene rings is 2. The summed E-state index contributed by atoms with van der Waals surface area (Å²) < 4.78 is 7.07. The average Bonchev–Trinajstić information content (AvgIpc) is 2.94. The van der Waals surface area contributed by atoms with Gasteiger partial charge in [0, 0.05) is 27.1 Å². The molecular weight excluding hydrogens is 372 g/mol. The largest absolute Gasteiger partial charge is 0.465 e. The summed E-state index contributed by atoms with van der Waals surface area (Å²) >= 11 is 1.46. The maximum atomic E-state index is 12.6. The molecule has 0 spiro atoms. The normalized spacial score (nSPS) is 14.8. The fourth-order valence-corrected chi connectivity index (χ4v) is 4.35. The van der Waals surface area contributed by atoms with Gasteiger partial charge in [0.2, 0.25) is 0 Å². The van der Waals surface area contributed by atoms with Crippen molar-refractivity contribution in [3.63, 3.8) is 0 Å². The molecule has 0 aliphatic carbocycles. The summed E-state index contributed by atoms with van der Waals surface area (Å²) in [7, 11) is 0. The smallest absolute Gasteiger partial charge is 0.325 e. The van der Waals surface area contributed by atoms with Crippen LogP contribution in [-0.4, -0.2) is 23.1 Å². The molecule has 0 atom stereocenters. The van der Waals surface area contributed by atoms with E-state index in [1.807, 2.05) is 66.1 Å². The van der Waals surface area contributed by atoms with Crippen LogP contribution in [0.2, 0.25) is 0 Å². The second kappa shape index (κ2) is 7.56. The zero-order valence-electron chi connectivity index (χ0n) is 15.7. The Morgan fingerprint density at radius 3 is 2.75 bits per heavy atom. The van der Waals surface area contributed by atoms with E-state index in [2.05, 4.69) is 5.32 Å². The Bertz CT molecular complexity index is 1110. The summed E-state index contributed by atoms with van der Waals surface area (Å²) in [6.45, 7) is 4.26. The van der Waals surface area contributed by atoms with Crippen LogP contribution >= 0.6 is 11.8 Å². The molecular formula is C22H20N2O3S. The number of carbonyl (C=O) groups excluding carboxylic acids is 2. The highest BCUT2D eigenvalue weighted by atomic mass is 32.2. The van der Waals surface area contributed by atoms with Crippen LogP contribution < -0.4 is 5.32 Å². The minimum absolute atomic E-state index is 0.120. The van der Waals surface area contributed by atoms with Gasteiger partial charge in [-0.15, -0.1) is 0 Å². The van der Waals surface area contributed by atoms with Gasteiger partial charge in [-0.05, 0) is 38.1 Å². The molecule has 0 radical (unpaired) electrons. The predicted octanol–water partition coefficient (Wildman–Crippen LogP) is 4.60. The fraction of sp³-hybridized carbons (Fsp3) is 0.182. The molecule has 5 nitrogen and oxygen atoms in total. The Labute approximate surface area is 167 Å². The standard InChI is InChI=1S/C22H20N2O3S/c1-3-27-21(25)13-24-14(2)16(15-8-4-6-10-18(15)24)12-20-22(26)23-17-9-5-7-11-19(17)28-20/h4-12H,3,13H2,1-2H3,(H,23,26)/b20-12-. The topological polar surface area (TPSA) is 60.3 Å². The zero-order chi connectivity index (χ0) is 19.7. The molecule has 1 amide bonds. The molecule has 1 N–H and O–H groups in total. The maximum Gasteiger partial charge on any atom is 0.325 e. The second-order valence-electron chi connectivity index (χ2n) is 6.47. The van der Waals surface area contributed by atoms with Crippen molar-refractivity contribution in [2.75, 3.05) is 11.9 Å². The highest BCUT2D eigenvalue weighted by Crippen LogP contribution is 2.40. The van der Waals surface area contributed by atoms with Crippen molar-refractivity contribution in [1.29, 1.82) is 0 Å². The lowest BCUT2D eigenvalue weighted by Gasteiger charge is -2.18. The van der Waals surface area contributed by atoms with Gasteiger partial charge in [-0.1, -0.05) is 42.1 Å². The third-order valence-corrected chi connectivity index (χ3v) is 5.83. The number of carbonyl (C=O) groups is 2. The monoisotopic (exact) mass is 392 g/mol. The summed E-state index contributed by atoms with van der Waals surface area (Å²) in [5, 5.41) is 3.95. The van der Waals surface area contributed by atoms with Gasteiger partial charge in [-0.25, -0.2) is 0 Å².